The minimum absolute atomic E-state index is 1.23. The van der Waals surface area contributed by atoms with Crippen molar-refractivity contribution in [1.82, 2.24) is 4.98 Å². The number of rotatable bonds is 0. The fraction of sp³-hybridized carbons (Fsp3) is 0.250. The molecule has 4 radical (unpaired) electrons. The van der Waals surface area contributed by atoms with Crippen LogP contribution in [0, 0.1) is 13.8 Å². The van der Waals surface area contributed by atoms with Crippen LogP contribution in [0.2, 0.25) is 0 Å². The summed E-state index contributed by atoms with van der Waals surface area (Å²) in [4.78, 5) is 18.2. The molecule has 12 heavy (non-hydrogen) atoms. The third-order valence-electron chi connectivity index (χ3n) is 1.07. The maximum atomic E-state index is 7.50. The molecule has 0 aliphatic heterocycles. The largest absolute Gasteiger partial charge is 0.281 e. The van der Waals surface area contributed by atoms with Gasteiger partial charge in [0.1, 0.15) is 0 Å². The Kier molecular flexibility index (Phi) is 9.60. The fourth-order valence-electron chi connectivity index (χ4n) is 0.683. The molecule has 1 aromatic heterocycles. The summed E-state index contributed by atoms with van der Waals surface area (Å²) < 4.78 is 1.28. The molecule has 1 heterocycles. The average Bonchev–Trinajstić information content (AvgIpc) is 2.37. The topological polar surface area (TPSA) is 49.9 Å². The van der Waals surface area contributed by atoms with Gasteiger partial charge in [-0.15, -0.1) is 0 Å². The van der Waals surface area contributed by atoms with Crippen molar-refractivity contribution in [3.05, 3.63) is 17.5 Å². The number of hydrogen-bond acceptors (Lipinski definition) is 2. The van der Waals surface area contributed by atoms with Crippen LogP contribution < -0.4 is 4.16 Å². The second kappa shape index (κ2) is 8.34. The summed E-state index contributed by atoms with van der Waals surface area (Å²) in [7, 11) is 0. The molecule has 0 atom stereocenters. The number of aromatic nitrogens is 1. The Hall–Kier alpha value is -0.757. The normalized spacial score (nSPS) is 7.25. The van der Waals surface area contributed by atoms with Crippen molar-refractivity contribution >= 4 is 17.7 Å². The van der Waals surface area contributed by atoms with E-state index in [1.807, 2.05) is 0 Å². The number of carbonyl (C=O) groups excluding carboxylic acids is 2. The first kappa shape index (κ1) is 13.8. The first-order chi connectivity index (χ1) is 5.70. The van der Waals surface area contributed by atoms with Gasteiger partial charge in [-0.25, -0.2) is 0 Å². The third kappa shape index (κ3) is 4.97. The van der Waals surface area contributed by atoms with Gasteiger partial charge in [0.05, 0.1) is 0 Å². The number of aromatic amines is 1. The minimum atomic E-state index is 1.23. The summed E-state index contributed by atoms with van der Waals surface area (Å²) in [5.41, 5.74) is 2.48. The monoisotopic (exact) mass is 252 g/mol. The van der Waals surface area contributed by atoms with Gasteiger partial charge in [0.15, 0.2) is 0 Å². The van der Waals surface area contributed by atoms with Crippen LogP contribution in [0.1, 0.15) is 11.4 Å². The van der Waals surface area contributed by atoms with Gasteiger partial charge in [0.25, 0.3) is 13.6 Å². The van der Waals surface area contributed by atoms with E-state index in [-0.39, 0.29) is 0 Å². The molecule has 65 valence electrons. The molecule has 0 saturated heterocycles. The van der Waals surface area contributed by atoms with Crippen LogP contribution in [0.25, 0.3) is 0 Å². The first-order valence-electron chi connectivity index (χ1n) is 2.91. The molecule has 0 amide bonds. The quantitative estimate of drug-likeness (QED) is 0.660. The minimum Gasteiger partial charge on any atom is -0.281 e. The van der Waals surface area contributed by atoms with Gasteiger partial charge in [0.2, 0.25) is 0 Å². The van der Waals surface area contributed by atoms with Crippen LogP contribution in [-0.2, 0) is 27.9 Å². The standard InChI is InChI=1S/C6H8N.2CO.Ru/c1-5-3-4-6(2)7-5;2*1-2;/h3,7H,1-2H3;;;. The Balaban J connectivity index is 0. The van der Waals surface area contributed by atoms with Gasteiger partial charge < -0.3 is 0 Å². The maximum absolute atomic E-state index is 7.50. The zero-order chi connectivity index (χ0) is 10.1. The maximum Gasteiger partial charge on any atom is 0.281 e. The van der Waals surface area contributed by atoms with Crippen molar-refractivity contribution in [2.45, 2.75) is 13.8 Å². The zero-order valence-electron chi connectivity index (χ0n) is 6.75. The molecule has 1 N–H and O–H groups in total. The summed E-state index contributed by atoms with van der Waals surface area (Å²) >= 11 is 2.59. The molecule has 0 aliphatic carbocycles. The number of H-pyrrole nitrogens is 1. The molecule has 0 aliphatic rings. The van der Waals surface area contributed by atoms with E-state index in [0.717, 1.165) is 0 Å². The van der Waals surface area contributed by atoms with Gasteiger partial charge in [0, 0.05) is 0 Å². The zero-order valence-corrected chi connectivity index (χ0v) is 8.49. The van der Waals surface area contributed by atoms with Crippen LogP contribution >= 0.6 is 0 Å². The van der Waals surface area contributed by atoms with E-state index in [1.54, 1.807) is 0 Å². The molecule has 1 aromatic rings. The molecule has 1 rings (SSSR count). The van der Waals surface area contributed by atoms with Gasteiger partial charge in [-0.3, -0.25) is 9.59 Å². The second-order valence-corrected chi connectivity index (χ2v) is 2.85. The first-order valence-corrected chi connectivity index (χ1v) is 3.78. The predicted molar refractivity (Wildman–Crippen MR) is 41.3 cm³/mol. The molecule has 0 bridgehead atoms. The Morgan fingerprint density at radius 3 is 1.75 bits per heavy atom. The molecule has 0 aromatic carbocycles. The third-order valence-corrected chi connectivity index (χ3v) is 1.98. The van der Waals surface area contributed by atoms with Gasteiger partial charge >= 0.3 is 58.7 Å². The van der Waals surface area contributed by atoms with E-state index in [9.17, 15) is 0 Å². The van der Waals surface area contributed by atoms with Crippen LogP contribution in [0.3, 0.4) is 0 Å². The van der Waals surface area contributed by atoms with Crippen LogP contribution in [0.4, 0.5) is 0 Å². The Bertz CT molecular complexity index is 201. The van der Waals surface area contributed by atoms with Gasteiger partial charge in [-0.2, -0.15) is 0 Å². The van der Waals surface area contributed by atoms with Crippen molar-refractivity contribution in [2.75, 3.05) is 0 Å². The van der Waals surface area contributed by atoms with Crippen molar-refractivity contribution in [3.8, 4) is 0 Å². The molecule has 4 heteroatoms. The van der Waals surface area contributed by atoms with Crippen LogP contribution in [0.5, 0.6) is 0 Å². The molecule has 3 nitrogen and oxygen atoms in total. The fourth-order valence-corrected chi connectivity index (χ4v) is 1.17. The summed E-state index contributed by atoms with van der Waals surface area (Å²) in [6.45, 7) is 13.1. The Labute approximate surface area is 82.2 Å². The summed E-state index contributed by atoms with van der Waals surface area (Å²) in [5.74, 6) is 0. The van der Waals surface area contributed by atoms with E-state index >= 15 is 0 Å². The van der Waals surface area contributed by atoms with E-state index in [1.165, 1.54) is 15.5 Å². The van der Waals surface area contributed by atoms with E-state index in [4.69, 9.17) is 9.59 Å². The molecular weight excluding hydrogens is 243 g/mol. The molecule has 0 unspecified atom stereocenters. The predicted octanol–water partition coefficient (Wildman–Crippen LogP) is 0.00944. The molecule has 0 fully saturated rings. The number of aryl methyl sites for hydroxylation is 2. The van der Waals surface area contributed by atoms with Crippen molar-refractivity contribution in [3.63, 3.8) is 0 Å². The molecular formula is C8H8NO2Ru. The summed E-state index contributed by atoms with van der Waals surface area (Å²) in [6.07, 6.45) is 0. The number of nitrogens with one attached hydrogen (secondary N) is 1. The Morgan fingerprint density at radius 1 is 1.25 bits per heavy atom. The van der Waals surface area contributed by atoms with E-state index < -0.39 is 0 Å². The SMILES string of the molecule is Cc1c[c]([Ru])c(C)[nH]1.[C]=O.[C]=O. The summed E-state index contributed by atoms with van der Waals surface area (Å²) in [5, 5.41) is 0. The van der Waals surface area contributed by atoms with Crippen molar-refractivity contribution < 1.29 is 27.9 Å². The van der Waals surface area contributed by atoms with E-state index in [0.29, 0.717) is 0 Å². The van der Waals surface area contributed by atoms with Crippen molar-refractivity contribution in [1.29, 1.82) is 0 Å². The smallest absolute Gasteiger partial charge is 0.281 e. The molecule has 0 saturated carbocycles. The number of hydrogen-bond donors (Lipinski definition) is 1. The van der Waals surface area contributed by atoms with Crippen molar-refractivity contribution in [2.24, 2.45) is 0 Å². The average molecular weight is 251 g/mol. The van der Waals surface area contributed by atoms with Crippen LogP contribution in [-0.4, -0.2) is 18.6 Å². The Morgan fingerprint density at radius 2 is 1.67 bits per heavy atom. The summed E-state index contributed by atoms with van der Waals surface area (Å²) in [6, 6.07) is 2.12. The van der Waals surface area contributed by atoms with Gasteiger partial charge in [-0.1, -0.05) is 0 Å². The second-order valence-electron chi connectivity index (χ2n) is 1.91. The van der Waals surface area contributed by atoms with E-state index in [2.05, 4.69) is 56.8 Å². The molecule has 0 spiro atoms. The van der Waals surface area contributed by atoms with Crippen LogP contribution in [0.15, 0.2) is 6.07 Å². The van der Waals surface area contributed by atoms with Gasteiger partial charge in [-0.05, 0) is 0 Å².